The van der Waals surface area contributed by atoms with Crippen molar-refractivity contribution < 1.29 is 27.8 Å². The highest BCUT2D eigenvalue weighted by Gasteiger charge is 2.56. The molecule has 1 saturated heterocycles. The quantitative estimate of drug-likeness (QED) is 0.277. The topological polar surface area (TPSA) is 85.5 Å². The third-order valence-corrected chi connectivity index (χ3v) is 8.87. The summed E-state index contributed by atoms with van der Waals surface area (Å²) < 4.78 is 50.5. The minimum absolute atomic E-state index is 0.150. The number of anilines is 1. The molecule has 1 saturated carbocycles. The molecule has 0 amide bonds. The van der Waals surface area contributed by atoms with Gasteiger partial charge < -0.3 is 14.7 Å². The first-order valence-electron chi connectivity index (χ1n) is 13.5. The summed E-state index contributed by atoms with van der Waals surface area (Å²) in [6.07, 6.45) is -3.81. The highest BCUT2D eigenvalue weighted by atomic mass is 79.9. The Hall–Kier alpha value is -2.41. The van der Waals surface area contributed by atoms with Crippen LogP contribution in [0.2, 0.25) is 5.02 Å². The van der Waals surface area contributed by atoms with Gasteiger partial charge in [-0.1, -0.05) is 24.9 Å². The van der Waals surface area contributed by atoms with E-state index in [0.717, 1.165) is 23.2 Å². The highest BCUT2D eigenvalue weighted by Crippen LogP contribution is 2.52. The predicted octanol–water partition coefficient (Wildman–Crippen LogP) is 6.62. The van der Waals surface area contributed by atoms with Crippen LogP contribution >= 0.6 is 27.5 Å². The van der Waals surface area contributed by atoms with Crippen LogP contribution < -0.4 is 9.64 Å². The molecule has 1 N–H and O–H groups in total. The van der Waals surface area contributed by atoms with E-state index in [1.54, 1.807) is 22.9 Å². The maximum atomic E-state index is 12.7. The Morgan fingerprint density at radius 3 is 2.51 bits per heavy atom. The molecule has 222 valence electrons. The molecule has 2 fully saturated rings. The third-order valence-electron chi connectivity index (χ3n) is 7.79. The van der Waals surface area contributed by atoms with Crippen molar-refractivity contribution in [2.75, 3.05) is 24.6 Å². The molecular weight excluding hydrogens is 627 g/mol. The number of rotatable bonds is 9. The zero-order valence-electron chi connectivity index (χ0n) is 23.2. The number of hydrogen-bond donors (Lipinski definition) is 1. The predicted molar refractivity (Wildman–Crippen MR) is 153 cm³/mol. The van der Waals surface area contributed by atoms with Gasteiger partial charge >= 0.3 is 6.36 Å². The molecule has 0 bridgehead atoms. The minimum atomic E-state index is -4.62. The Morgan fingerprint density at radius 1 is 1.20 bits per heavy atom. The fourth-order valence-electron chi connectivity index (χ4n) is 5.82. The van der Waals surface area contributed by atoms with Crippen molar-refractivity contribution in [1.29, 1.82) is 0 Å². The van der Waals surface area contributed by atoms with E-state index >= 15 is 0 Å². The summed E-state index contributed by atoms with van der Waals surface area (Å²) >= 11 is 10.2. The number of aliphatic hydroxyl groups excluding tert-OH is 1. The second-order valence-corrected chi connectivity index (χ2v) is 12.2. The number of aromatic nitrogens is 4. The summed E-state index contributed by atoms with van der Waals surface area (Å²) in [4.78, 5) is 11.9. The molecule has 1 aromatic carbocycles. The van der Waals surface area contributed by atoms with Crippen molar-refractivity contribution in [1.82, 2.24) is 19.7 Å². The molecule has 2 aliphatic rings. The SMILES string of the molecule is CCC[C@@H](O)COc1ccc(Cl)c(-c2nc(-c3c(C)c(Br)nn3C)c(C)c(N3CC4(CC(OC(F)(F)F)C4)C3)n2)c1. The van der Waals surface area contributed by atoms with Crippen LogP contribution in [0.15, 0.2) is 22.8 Å². The van der Waals surface area contributed by atoms with E-state index in [4.69, 9.17) is 26.3 Å². The summed E-state index contributed by atoms with van der Waals surface area (Å²) in [6.45, 7) is 7.17. The van der Waals surface area contributed by atoms with E-state index in [0.29, 0.717) is 70.6 Å². The second kappa shape index (κ2) is 11.3. The molecule has 0 unspecified atom stereocenters. The van der Waals surface area contributed by atoms with Crippen LogP contribution in [0.5, 0.6) is 5.75 Å². The zero-order valence-corrected chi connectivity index (χ0v) is 25.6. The van der Waals surface area contributed by atoms with Crippen molar-refractivity contribution >= 4 is 33.3 Å². The van der Waals surface area contributed by atoms with E-state index in [1.807, 2.05) is 27.8 Å². The number of ether oxygens (including phenoxy) is 2. The van der Waals surface area contributed by atoms with Gasteiger partial charge in [0.05, 0.1) is 28.6 Å². The van der Waals surface area contributed by atoms with Crippen LogP contribution in [0.4, 0.5) is 19.0 Å². The number of benzene rings is 1. The van der Waals surface area contributed by atoms with Crippen LogP contribution in [0.25, 0.3) is 22.8 Å². The summed E-state index contributed by atoms with van der Waals surface area (Å²) in [5.41, 5.74) is 3.57. The lowest BCUT2D eigenvalue weighted by Crippen LogP contribution is -2.65. The summed E-state index contributed by atoms with van der Waals surface area (Å²) in [5, 5.41) is 15.0. The molecular formula is C28H32BrClF3N5O3. The fourth-order valence-corrected chi connectivity index (χ4v) is 6.44. The lowest BCUT2D eigenvalue weighted by Gasteiger charge is -2.59. The van der Waals surface area contributed by atoms with Crippen molar-refractivity contribution in [3.63, 3.8) is 0 Å². The third kappa shape index (κ3) is 6.21. The minimum Gasteiger partial charge on any atom is -0.491 e. The Labute approximate surface area is 250 Å². The van der Waals surface area contributed by atoms with E-state index < -0.39 is 18.6 Å². The molecule has 1 aliphatic carbocycles. The molecule has 5 rings (SSSR count). The van der Waals surface area contributed by atoms with Gasteiger partial charge in [-0.05, 0) is 67.2 Å². The van der Waals surface area contributed by atoms with Crippen molar-refractivity contribution in [3.05, 3.63) is 39.0 Å². The highest BCUT2D eigenvalue weighted by molar-refractivity contribution is 9.10. The number of hydrogen-bond acceptors (Lipinski definition) is 7. The first kappa shape index (κ1) is 30.1. The van der Waals surface area contributed by atoms with Crippen molar-refractivity contribution in [2.45, 2.75) is 65.0 Å². The molecule has 2 aromatic heterocycles. The Kier molecular flexibility index (Phi) is 8.32. The maximum Gasteiger partial charge on any atom is 0.522 e. The van der Waals surface area contributed by atoms with Gasteiger partial charge in [0.15, 0.2) is 5.82 Å². The van der Waals surface area contributed by atoms with Gasteiger partial charge in [-0.3, -0.25) is 9.42 Å². The molecule has 3 aromatic rings. The van der Waals surface area contributed by atoms with Crippen LogP contribution in [0.3, 0.4) is 0 Å². The molecule has 41 heavy (non-hydrogen) atoms. The smallest absolute Gasteiger partial charge is 0.491 e. The van der Waals surface area contributed by atoms with Gasteiger partial charge in [0.2, 0.25) is 0 Å². The van der Waals surface area contributed by atoms with Gasteiger partial charge in [-0.2, -0.15) is 5.10 Å². The first-order chi connectivity index (χ1) is 19.3. The van der Waals surface area contributed by atoms with Crippen LogP contribution in [-0.4, -0.2) is 63.1 Å². The van der Waals surface area contributed by atoms with Crippen LogP contribution in [0, 0.1) is 19.3 Å². The molecule has 1 atom stereocenters. The van der Waals surface area contributed by atoms with Crippen molar-refractivity contribution in [2.24, 2.45) is 12.5 Å². The Balaban J connectivity index is 1.49. The second-order valence-electron chi connectivity index (χ2n) is 11.1. The normalized spacial score (nSPS) is 17.5. The standard InChI is InChI=1S/C28H32BrClF3N5O3/c1-5-6-17(39)12-40-18-7-8-21(30)20(9-18)25-34-22(23-16(3)24(29)36-37(23)4)15(2)26(35-25)38-13-27(14-38)10-19(11-27)41-28(31,32)33/h7-9,17,19,39H,5-6,10-14H2,1-4H3/t17-/m1/s1. The van der Waals surface area contributed by atoms with Gasteiger partial charge in [0.25, 0.3) is 0 Å². The van der Waals surface area contributed by atoms with E-state index in [1.165, 1.54) is 0 Å². The average Bonchev–Trinajstić information content (AvgIpc) is 3.10. The molecule has 13 heteroatoms. The van der Waals surface area contributed by atoms with Gasteiger partial charge in [0, 0.05) is 42.2 Å². The number of aryl methyl sites for hydroxylation is 1. The van der Waals surface area contributed by atoms with Gasteiger partial charge in [0.1, 0.15) is 22.8 Å². The van der Waals surface area contributed by atoms with Crippen LogP contribution in [-0.2, 0) is 11.8 Å². The van der Waals surface area contributed by atoms with Gasteiger partial charge in [-0.25, -0.2) is 9.97 Å². The number of nitrogens with zero attached hydrogens (tertiary/aromatic N) is 5. The molecule has 0 radical (unpaired) electrons. The number of halogens is 5. The Morgan fingerprint density at radius 2 is 1.90 bits per heavy atom. The molecule has 3 heterocycles. The van der Waals surface area contributed by atoms with E-state index in [9.17, 15) is 18.3 Å². The number of aliphatic hydroxyl groups is 1. The van der Waals surface area contributed by atoms with E-state index in [2.05, 4.69) is 30.7 Å². The van der Waals surface area contributed by atoms with E-state index in [-0.39, 0.29) is 12.0 Å². The summed E-state index contributed by atoms with van der Waals surface area (Å²) in [7, 11) is 1.84. The first-order valence-corrected chi connectivity index (χ1v) is 14.6. The zero-order chi connectivity index (χ0) is 29.7. The monoisotopic (exact) mass is 657 g/mol. The lowest BCUT2D eigenvalue weighted by atomic mass is 9.61. The molecule has 1 aliphatic heterocycles. The lowest BCUT2D eigenvalue weighted by molar-refractivity contribution is -0.360. The number of alkyl halides is 3. The van der Waals surface area contributed by atoms with Crippen molar-refractivity contribution in [3.8, 4) is 28.5 Å². The molecule has 8 nitrogen and oxygen atoms in total. The summed E-state index contributed by atoms with van der Waals surface area (Å²) in [6, 6.07) is 5.20. The van der Waals surface area contributed by atoms with Crippen LogP contribution in [0.1, 0.15) is 43.7 Å². The largest absolute Gasteiger partial charge is 0.522 e. The molecule has 1 spiro atoms. The Bertz CT molecular complexity index is 1440. The van der Waals surface area contributed by atoms with Gasteiger partial charge in [-0.15, -0.1) is 13.2 Å². The fraction of sp³-hybridized carbons (Fsp3) is 0.536. The summed E-state index contributed by atoms with van der Waals surface area (Å²) in [5.74, 6) is 1.60. The maximum absolute atomic E-state index is 12.7. The average molecular weight is 659 g/mol.